The normalized spacial score (nSPS) is 11.0. The molecule has 0 saturated carbocycles. The summed E-state index contributed by atoms with van der Waals surface area (Å²) in [6, 6.07) is 12.0. The second-order valence-electron chi connectivity index (χ2n) is 4.46. The summed E-state index contributed by atoms with van der Waals surface area (Å²) in [6.45, 7) is 0. The fourth-order valence-corrected chi connectivity index (χ4v) is 2.42. The van der Waals surface area contributed by atoms with E-state index in [1.165, 1.54) is 0 Å². The highest BCUT2D eigenvalue weighted by Crippen LogP contribution is 2.30. The molecule has 4 nitrogen and oxygen atoms in total. The Morgan fingerprint density at radius 1 is 0.500 bits per heavy atom. The average molecular weight is 258 g/mol. The molecule has 2 heterocycles. The number of benzene rings is 2. The molecule has 0 bridgehead atoms. The summed E-state index contributed by atoms with van der Waals surface area (Å²) in [5, 5.41) is 0. The van der Waals surface area contributed by atoms with Crippen molar-refractivity contribution in [2.75, 3.05) is 0 Å². The molecule has 20 heavy (non-hydrogen) atoms. The van der Waals surface area contributed by atoms with Gasteiger partial charge in [0.2, 0.25) is 0 Å². The molecule has 0 unspecified atom stereocenters. The third-order valence-corrected chi connectivity index (χ3v) is 3.29. The fraction of sp³-hybridized carbons (Fsp3) is 0. The lowest BCUT2D eigenvalue weighted by Crippen LogP contribution is -1.90. The largest absolute Gasteiger partial charge is 0.253 e. The zero-order valence-corrected chi connectivity index (χ0v) is 10.6. The molecule has 94 valence electrons. The second-order valence-corrected chi connectivity index (χ2v) is 4.46. The number of aromatic nitrogens is 4. The molecular formula is C16H10N4. The zero-order valence-electron chi connectivity index (χ0n) is 10.6. The standard InChI is InChI=1S/C16H10N4/c1-3-11(15-13(5-1)17-7-9-19-15)12-4-2-6-14-16(12)20-10-8-18-14/h1-10H. The van der Waals surface area contributed by atoms with E-state index in [1.54, 1.807) is 24.8 Å². The van der Waals surface area contributed by atoms with Crippen LogP contribution in [0.5, 0.6) is 0 Å². The van der Waals surface area contributed by atoms with Gasteiger partial charge in [0.05, 0.1) is 22.1 Å². The summed E-state index contributed by atoms with van der Waals surface area (Å²) < 4.78 is 0. The minimum absolute atomic E-state index is 0.880. The SMILES string of the molecule is c1cc(-c2cccc3nccnc23)c2nccnc2c1. The molecule has 0 radical (unpaired) electrons. The van der Waals surface area contributed by atoms with Gasteiger partial charge in [-0.15, -0.1) is 0 Å². The smallest absolute Gasteiger partial charge is 0.0965 e. The molecule has 0 spiro atoms. The second kappa shape index (κ2) is 4.35. The molecule has 0 aliphatic rings. The summed E-state index contributed by atoms with van der Waals surface area (Å²) in [6.07, 6.45) is 6.83. The minimum atomic E-state index is 0.880. The van der Waals surface area contributed by atoms with E-state index in [-0.39, 0.29) is 0 Å². The Balaban J connectivity index is 2.12. The van der Waals surface area contributed by atoms with E-state index in [4.69, 9.17) is 0 Å². The van der Waals surface area contributed by atoms with Gasteiger partial charge in [-0.05, 0) is 12.1 Å². The minimum Gasteiger partial charge on any atom is -0.253 e. The number of hydrogen-bond donors (Lipinski definition) is 0. The Morgan fingerprint density at radius 2 is 0.950 bits per heavy atom. The van der Waals surface area contributed by atoms with Crippen molar-refractivity contribution in [3.05, 3.63) is 61.2 Å². The van der Waals surface area contributed by atoms with Crippen molar-refractivity contribution in [3.8, 4) is 11.1 Å². The molecule has 0 fully saturated rings. The predicted octanol–water partition coefficient (Wildman–Crippen LogP) is 3.24. The zero-order chi connectivity index (χ0) is 13.4. The molecule has 4 rings (SSSR count). The van der Waals surface area contributed by atoms with Crippen LogP contribution in [0.3, 0.4) is 0 Å². The van der Waals surface area contributed by atoms with Crippen molar-refractivity contribution in [2.24, 2.45) is 0 Å². The first-order valence-corrected chi connectivity index (χ1v) is 6.33. The van der Waals surface area contributed by atoms with E-state index in [9.17, 15) is 0 Å². The van der Waals surface area contributed by atoms with E-state index in [0.717, 1.165) is 33.2 Å². The van der Waals surface area contributed by atoms with Crippen LogP contribution in [0.4, 0.5) is 0 Å². The Bertz CT molecular complexity index is 830. The molecule has 4 heteroatoms. The maximum atomic E-state index is 4.45. The Morgan fingerprint density at radius 3 is 1.45 bits per heavy atom. The van der Waals surface area contributed by atoms with Crippen LogP contribution in [0.1, 0.15) is 0 Å². The lowest BCUT2D eigenvalue weighted by atomic mass is 10.0. The van der Waals surface area contributed by atoms with Gasteiger partial charge < -0.3 is 0 Å². The summed E-state index contributed by atoms with van der Waals surface area (Å²) >= 11 is 0. The van der Waals surface area contributed by atoms with Gasteiger partial charge in [0.15, 0.2) is 0 Å². The predicted molar refractivity (Wildman–Crippen MR) is 78.1 cm³/mol. The first-order chi connectivity index (χ1) is 9.93. The third kappa shape index (κ3) is 1.62. The molecule has 0 saturated heterocycles. The van der Waals surface area contributed by atoms with Crippen LogP contribution in [0, 0.1) is 0 Å². The highest BCUT2D eigenvalue weighted by molar-refractivity contribution is 6.00. The lowest BCUT2D eigenvalue weighted by molar-refractivity contribution is 1.28. The van der Waals surface area contributed by atoms with Gasteiger partial charge >= 0.3 is 0 Å². The summed E-state index contributed by atoms with van der Waals surface area (Å²) in [7, 11) is 0. The molecule has 0 atom stereocenters. The average Bonchev–Trinajstić information content (AvgIpc) is 2.54. The van der Waals surface area contributed by atoms with E-state index < -0.39 is 0 Å². The highest BCUT2D eigenvalue weighted by Gasteiger charge is 2.09. The maximum Gasteiger partial charge on any atom is 0.0965 e. The van der Waals surface area contributed by atoms with Crippen LogP contribution in [0.2, 0.25) is 0 Å². The van der Waals surface area contributed by atoms with E-state index in [2.05, 4.69) is 19.9 Å². The number of para-hydroxylation sites is 2. The third-order valence-electron chi connectivity index (χ3n) is 3.29. The Labute approximate surface area is 115 Å². The van der Waals surface area contributed by atoms with Crippen molar-refractivity contribution in [1.29, 1.82) is 0 Å². The van der Waals surface area contributed by atoms with Gasteiger partial charge in [0.25, 0.3) is 0 Å². The maximum absolute atomic E-state index is 4.45. The molecule has 4 aromatic rings. The molecular weight excluding hydrogens is 248 g/mol. The van der Waals surface area contributed by atoms with Gasteiger partial charge in [-0.25, -0.2) is 0 Å². The fourth-order valence-electron chi connectivity index (χ4n) is 2.42. The van der Waals surface area contributed by atoms with Gasteiger partial charge in [-0.1, -0.05) is 24.3 Å². The molecule has 0 aliphatic heterocycles. The van der Waals surface area contributed by atoms with Crippen molar-refractivity contribution in [2.45, 2.75) is 0 Å². The van der Waals surface area contributed by atoms with E-state index >= 15 is 0 Å². The highest BCUT2D eigenvalue weighted by atomic mass is 14.8. The number of nitrogens with zero attached hydrogens (tertiary/aromatic N) is 4. The molecule has 2 aromatic carbocycles. The van der Waals surface area contributed by atoms with Gasteiger partial charge in [0.1, 0.15) is 0 Å². The van der Waals surface area contributed by atoms with Crippen molar-refractivity contribution in [1.82, 2.24) is 19.9 Å². The van der Waals surface area contributed by atoms with Crippen LogP contribution >= 0.6 is 0 Å². The van der Waals surface area contributed by atoms with Crippen LogP contribution in [-0.4, -0.2) is 19.9 Å². The van der Waals surface area contributed by atoms with Crippen LogP contribution in [0.15, 0.2) is 61.2 Å². The topological polar surface area (TPSA) is 51.6 Å². The summed E-state index contributed by atoms with van der Waals surface area (Å²) in [4.78, 5) is 17.6. The summed E-state index contributed by atoms with van der Waals surface area (Å²) in [5.74, 6) is 0. The molecule has 0 aliphatic carbocycles. The number of fused-ring (bicyclic) bond motifs is 2. The Hall–Kier alpha value is -2.88. The molecule has 0 N–H and O–H groups in total. The first-order valence-electron chi connectivity index (χ1n) is 6.33. The van der Waals surface area contributed by atoms with Gasteiger partial charge in [0, 0.05) is 35.9 Å². The van der Waals surface area contributed by atoms with E-state index in [0.29, 0.717) is 0 Å². The van der Waals surface area contributed by atoms with Gasteiger partial charge in [-0.2, -0.15) is 0 Å². The van der Waals surface area contributed by atoms with Crippen molar-refractivity contribution in [3.63, 3.8) is 0 Å². The van der Waals surface area contributed by atoms with Crippen molar-refractivity contribution >= 4 is 22.1 Å². The quantitative estimate of drug-likeness (QED) is 0.526. The molecule has 0 amide bonds. The number of hydrogen-bond acceptors (Lipinski definition) is 4. The van der Waals surface area contributed by atoms with Crippen LogP contribution in [0.25, 0.3) is 33.2 Å². The lowest BCUT2D eigenvalue weighted by Gasteiger charge is -2.07. The van der Waals surface area contributed by atoms with Crippen LogP contribution in [-0.2, 0) is 0 Å². The van der Waals surface area contributed by atoms with Crippen LogP contribution < -0.4 is 0 Å². The molecule has 2 aromatic heterocycles. The number of rotatable bonds is 1. The monoisotopic (exact) mass is 258 g/mol. The summed E-state index contributed by atoms with van der Waals surface area (Å²) in [5.41, 5.74) is 5.58. The Kier molecular flexibility index (Phi) is 2.39. The first kappa shape index (κ1) is 11.0. The van der Waals surface area contributed by atoms with Gasteiger partial charge in [-0.3, -0.25) is 19.9 Å². The van der Waals surface area contributed by atoms with E-state index in [1.807, 2.05) is 36.4 Å². The van der Waals surface area contributed by atoms with Crippen molar-refractivity contribution < 1.29 is 0 Å².